The van der Waals surface area contributed by atoms with Crippen molar-refractivity contribution >= 4 is 39.5 Å². The SMILES string of the molecule is CCCCCCCCCCCCCC(=O)O[C@H](COC(=O)CCCCCCCCCC(C)C)COP(=O)(O)OC[C@@H](O)COP(=O)(O)OC[C@@H](COC(=O)CCCCCCC)OC(=O)CCCCCCCCC. The zero-order valence-corrected chi connectivity index (χ0v) is 48.0. The average Bonchev–Trinajstić information content (AvgIpc) is 3.35. The molecular weight excluding hydrogens is 983 g/mol. The Morgan fingerprint density at radius 1 is 0.370 bits per heavy atom. The van der Waals surface area contributed by atoms with Gasteiger partial charge in [0, 0.05) is 25.7 Å². The average molecular weight is 1090 g/mol. The summed E-state index contributed by atoms with van der Waals surface area (Å²) in [6.45, 7) is 6.92. The number of hydrogen-bond donors (Lipinski definition) is 3. The molecule has 17 nitrogen and oxygen atoms in total. The topological polar surface area (TPSA) is 237 Å². The first-order chi connectivity index (χ1) is 35.0. The number of carbonyl (C=O) groups is 4. The van der Waals surface area contributed by atoms with Crippen LogP contribution in [-0.2, 0) is 65.4 Å². The molecule has 3 N–H and O–H groups in total. The maximum absolute atomic E-state index is 12.9. The van der Waals surface area contributed by atoms with E-state index < -0.39 is 97.5 Å². The van der Waals surface area contributed by atoms with Crippen LogP contribution in [0.15, 0.2) is 0 Å². The number of rotatable bonds is 54. The second-order valence-corrected chi connectivity index (χ2v) is 23.0. The highest BCUT2D eigenvalue weighted by molar-refractivity contribution is 7.47. The molecule has 2 unspecified atom stereocenters. The van der Waals surface area contributed by atoms with Gasteiger partial charge in [-0.05, 0) is 31.6 Å². The Kier molecular flexibility index (Phi) is 47.1. The molecule has 0 saturated carbocycles. The summed E-state index contributed by atoms with van der Waals surface area (Å²) in [4.78, 5) is 71.3. The van der Waals surface area contributed by atoms with Gasteiger partial charge in [-0.25, -0.2) is 9.13 Å². The van der Waals surface area contributed by atoms with Crippen LogP contribution in [0.25, 0.3) is 0 Å². The minimum absolute atomic E-state index is 0.103. The predicted molar refractivity (Wildman–Crippen MR) is 285 cm³/mol. The van der Waals surface area contributed by atoms with Crippen LogP contribution < -0.4 is 0 Å². The van der Waals surface area contributed by atoms with Crippen LogP contribution in [0.2, 0.25) is 0 Å². The van der Waals surface area contributed by atoms with Crippen molar-refractivity contribution in [3.05, 3.63) is 0 Å². The standard InChI is InChI=1S/C54H104O17P2/c1-6-9-12-15-17-18-19-20-24-30-35-40-54(59)71-50(44-65-52(57)38-33-28-25-21-23-27-31-36-47(4)5)46-69-73(62,63)67-42-48(55)41-66-72(60,61)68-45-49(43-64-51(56)37-32-26-14-11-8-3)70-53(58)39-34-29-22-16-13-10-7-2/h47-50,55H,6-46H2,1-5H3,(H,60,61)(H,62,63)/t48-,49+,50+/m0/s1. The molecule has 0 aromatic rings. The molecule has 432 valence electrons. The predicted octanol–water partition coefficient (Wildman–Crippen LogP) is 13.9. The number of ether oxygens (including phenoxy) is 4. The Balaban J connectivity index is 5.18. The van der Waals surface area contributed by atoms with Crippen LogP contribution in [0.4, 0.5) is 0 Å². The first-order valence-electron chi connectivity index (χ1n) is 28.6. The van der Waals surface area contributed by atoms with E-state index in [4.69, 9.17) is 37.0 Å². The fraction of sp³-hybridized carbons (Fsp3) is 0.926. The Hall–Kier alpha value is -1.94. The van der Waals surface area contributed by atoms with Crippen molar-refractivity contribution in [2.24, 2.45) is 5.92 Å². The minimum atomic E-state index is -4.93. The Morgan fingerprint density at radius 2 is 0.630 bits per heavy atom. The van der Waals surface area contributed by atoms with Gasteiger partial charge in [-0.3, -0.25) is 37.3 Å². The largest absolute Gasteiger partial charge is 0.472 e. The van der Waals surface area contributed by atoms with E-state index in [1.165, 1.54) is 57.8 Å². The summed E-state index contributed by atoms with van der Waals surface area (Å²) < 4.78 is 67.2. The third-order valence-electron chi connectivity index (χ3n) is 12.3. The molecule has 0 rings (SSSR count). The van der Waals surface area contributed by atoms with Crippen LogP contribution in [0.3, 0.4) is 0 Å². The smallest absolute Gasteiger partial charge is 0.462 e. The summed E-state index contributed by atoms with van der Waals surface area (Å²) in [6, 6.07) is 0. The van der Waals surface area contributed by atoms with E-state index in [-0.39, 0.29) is 25.7 Å². The molecule has 0 aliphatic heterocycles. The maximum Gasteiger partial charge on any atom is 0.472 e. The van der Waals surface area contributed by atoms with Crippen molar-refractivity contribution in [3.8, 4) is 0 Å². The molecule has 0 radical (unpaired) electrons. The van der Waals surface area contributed by atoms with E-state index in [0.29, 0.717) is 31.6 Å². The second-order valence-electron chi connectivity index (χ2n) is 20.1. The molecule has 0 bridgehead atoms. The molecular formula is C54H104O17P2. The molecule has 0 aromatic heterocycles. The quantitative estimate of drug-likeness (QED) is 0.0222. The van der Waals surface area contributed by atoms with Crippen molar-refractivity contribution < 1.29 is 80.2 Å². The zero-order valence-electron chi connectivity index (χ0n) is 46.3. The molecule has 0 aliphatic rings. The Bertz CT molecular complexity index is 1450. The van der Waals surface area contributed by atoms with Crippen LogP contribution in [-0.4, -0.2) is 96.7 Å². The molecule has 0 fully saturated rings. The number of unbranched alkanes of at least 4 members (excludes halogenated alkanes) is 26. The van der Waals surface area contributed by atoms with E-state index >= 15 is 0 Å². The van der Waals surface area contributed by atoms with E-state index in [1.54, 1.807) is 0 Å². The summed E-state index contributed by atoms with van der Waals surface area (Å²) in [7, 11) is -9.85. The number of phosphoric acid groups is 2. The molecule has 0 heterocycles. The van der Waals surface area contributed by atoms with Crippen molar-refractivity contribution in [2.75, 3.05) is 39.6 Å². The lowest BCUT2D eigenvalue weighted by Gasteiger charge is -2.21. The Morgan fingerprint density at radius 3 is 0.932 bits per heavy atom. The van der Waals surface area contributed by atoms with Crippen LogP contribution in [0.1, 0.15) is 259 Å². The van der Waals surface area contributed by atoms with Gasteiger partial charge in [0.2, 0.25) is 0 Å². The third kappa shape index (κ3) is 49.4. The normalized spacial score (nSPS) is 14.5. The van der Waals surface area contributed by atoms with E-state index in [0.717, 1.165) is 116 Å². The maximum atomic E-state index is 12.9. The van der Waals surface area contributed by atoms with E-state index in [2.05, 4.69) is 34.6 Å². The lowest BCUT2D eigenvalue weighted by molar-refractivity contribution is -0.161. The van der Waals surface area contributed by atoms with Gasteiger partial charge < -0.3 is 33.8 Å². The van der Waals surface area contributed by atoms with Crippen LogP contribution in [0, 0.1) is 5.92 Å². The molecule has 0 saturated heterocycles. The first kappa shape index (κ1) is 71.1. The monoisotopic (exact) mass is 1090 g/mol. The molecule has 0 spiro atoms. The third-order valence-corrected chi connectivity index (χ3v) is 14.2. The van der Waals surface area contributed by atoms with Crippen molar-refractivity contribution in [3.63, 3.8) is 0 Å². The number of hydrogen-bond acceptors (Lipinski definition) is 15. The van der Waals surface area contributed by atoms with Crippen molar-refractivity contribution in [1.29, 1.82) is 0 Å². The van der Waals surface area contributed by atoms with Crippen LogP contribution in [0.5, 0.6) is 0 Å². The van der Waals surface area contributed by atoms with Crippen molar-refractivity contribution in [1.82, 2.24) is 0 Å². The van der Waals surface area contributed by atoms with Gasteiger partial charge in [-0.2, -0.15) is 0 Å². The van der Waals surface area contributed by atoms with Gasteiger partial charge in [0.05, 0.1) is 26.4 Å². The second kappa shape index (κ2) is 48.4. The van der Waals surface area contributed by atoms with Crippen LogP contribution >= 0.6 is 15.6 Å². The number of aliphatic hydroxyl groups is 1. The Labute approximate surface area is 441 Å². The molecule has 5 atom stereocenters. The summed E-state index contributed by atoms with van der Waals surface area (Å²) >= 11 is 0. The molecule has 73 heavy (non-hydrogen) atoms. The first-order valence-corrected chi connectivity index (χ1v) is 31.6. The van der Waals surface area contributed by atoms with Gasteiger partial charge in [0.25, 0.3) is 0 Å². The van der Waals surface area contributed by atoms with Gasteiger partial charge >= 0.3 is 39.5 Å². The molecule has 0 aromatic carbocycles. The highest BCUT2D eigenvalue weighted by Gasteiger charge is 2.30. The van der Waals surface area contributed by atoms with Gasteiger partial charge in [0.15, 0.2) is 12.2 Å². The summed E-state index contributed by atoms with van der Waals surface area (Å²) in [5.74, 6) is -1.46. The highest BCUT2D eigenvalue weighted by Crippen LogP contribution is 2.45. The summed E-state index contributed by atoms with van der Waals surface area (Å²) in [6.07, 6.45) is 28.5. The molecule has 0 aliphatic carbocycles. The fourth-order valence-corrected chi connectivity index (χ4v) is 9.39. The highest BCUT2D eigenvalue weighted by atomic mass is 31.2. The minimum Gasteiger partial charge on any atom is -0.462 e. The molecule has 19 heteroatoms. The number of carbonyl (C=O) groups excluding carboxylic acids is 4. The zero-order chi connectivity index (χ0) is 54.3. The van der Waals surface area contributed by atoms with Gasteiger partial charge in [-0.15, -0.1) is 0 Å². The van der Waals surface area contributed by atoms with Crippen molar-refractivity contribution in [2.45, 2.75) is 278 Å². The van der Waals surface area contributed by atoms with Gasteiger partial charge in [0.1, 0.15) is 19.3 Å². The number of esters is 4. The summed E-state index contributed by atoms with van der Waals surface area (Å²) in [5.41, 5.74) is 0. The lowest BCUT2D eigenvalue weighted by Crippen LogP contribution is -2.30. The summed E-state index contributed by atoms with van der Waals surface area (Å²) in [5, 5.41) is 10.4. The number of aliphatic hydroxyl groups excluding tert-OH is 1. The molecule has 0 amide bonds. The van der Waals surface area contributed by atoms with Gasteiger partial charge in [-0.1, -0.05) is 208 Å². The number of phosphoric ester groups is 2. The lowest BCUT2D eigenvalue weighted by atomic mass is 10.0. The van der Waals surface area contributed by atoms with E-state index in [9.17, 15) is 43.2 Å². The fourth-order valence-electron chi connectivity index (χ4n) is 7.81. The van der Waals surface area contributed by atoms with E-state index in [1.807, 2.05) is 0 Å².